The average molecular weight is 215 g/mol. The summed E-state index contributed by atoms with van der Waals surface area (Å²) < 4.78 is 12.8. The number of hydrogen-bond donors (Lipinski definition) is 0. The standard InChI is InChI=1S/C13H12FN2/c1-2-3-13-15-9-8-12(16-13)10-4-6-11(14)7-5-10/h4-8H,2-3H2,1H3. The highest BCUT2D eigenvalue weighted by Gasteiger charge is 2.02. The number of nitrogens with zero attached hydrogens (tertiary/aromatic N) is 2. The van der Waals surface area contributed by atoms with Gasteiger partial charge in [0.25, 0.3) is 0 Å². The maximum Gasteiger partial charge on any atom is 0.129 e. The molecule has 0 saturated heterocycles. The normalized spacial score (nSPS) is 10.4. The van der Waals surface area contributed by atoms with Crippen LogP contribution in [0.15, 0.2) is 30.3 Å². The first kappa shape index (κ1) is 10.7. The molecule has 1 radical (unpaired) electrons. The first-order valence-electron chi connectivity index (χ1n) is 5.29. The Hall–Kier alpha value is -1.77. The molecule has 0 aliphatic rings. The molecular formula is C13H12FN2. The van der Waals surface area contributed by atoms with E-state index in [-0.39, 0.29) is 5.82 Å². The molecule has 2 nitrogen and oxygen atoms in total. The van der Waals surface area contributed by atoms with Crippen LogP contribution in [0.1, 0.15) is 19.2 Å². The van der Waals surface area contributed by atoms with E-state index in [9.17, 15) is 4.39 Å². The second-order valence-corrected chi connectivity index (χ2v) is 3.56. The van der Waals surface area contributed by atoms with Crippen LogP contribution in [0.25, 0.3) is 11.3 Å². The molecular weight excluding hydrogens is 203 g/mol. The van der Waals surface area contributed by atoms with E-state index in [1.165, 1.54) is 12.1 Å². The molecule has 0 aliphatic carbocycles. The van der Waals surface area contributed by atoms with Crippen molar-refractivity contribution in [2.45, 2.75) is 19.8 Å². The van der Waals surface area contributed by atoms with Gasteiger partial charge in [-0.2, -0.15) is 0 Å². The summed E-state index contributed by atoms with van der Waals surface area (Å²) in [5.74, 6) is 0.542. The fourth-order valence-corrected chi connectivity index (χ4v) is 1.47. The number of halogens is 1. The third kappa shape index (κ3) is 2.42. The van der Waals surface area contributed by atoms with Gasteiger partial charge in [0, 0.05) is 12.0 Å². The predicted molar refractivity (Wildman–Crippen MR) is 60.3 cm³/mol. The minimum absolute atomic E-state index is 0.240. The van der Waals surface area contributed by atoms with E-state index in [1.54, 1.807) is 18.2 Å². The lowest BCUT2D eigenvalue weighted by molar-refractivity contribution is 0.628. The summed E-state index contributed by atoms with van der Waals surface area (Å²) in [4.78, 5) is 8.46. The van der Waals surface area contributed by atoms with Crippen molar-refractivity contribution in [3.05, 3.63) is 48.2 Å². The third-order valence-corrected chi connectivity index (χ3v) is 2.26. The van der Waals surface area contributed by atoms with Crippen LogP contribution in [-0.2, 0) is 6.42 Å². The minimum Gasteiger partial charge on any atom is -0.233 e. The fourth-order valence-electron chi connectivity index (χ4n) is 1.47. The zero-order valence-corrected chi connectivity index (χ0v) is 9.07. The van der Waals surface area contributed by atoms with Gasteiger partial charge in [-0.25, -0.2) is 14.4 Å². The van der Waals surface area contributed by atoms with E-state index in [1.807, 2.05) is 0 Å². The van der Waals surface area contributed by atoms with Crippen LogP contribution < -0.4 is 0 Å². The highest BCUT2D eigenvalue weighted by molar-refractivity contribution is 5.58. The molecule has 0 aliphatic heterocycles. The summed E-state index contributed by atoms with van der Waals surface area (Å²) >= 11 is 0. The minimum atomic E-state index is -0.240. The van der Waals surface area contributed by atoms with Gasteiger partial charge in [0.15, 0.2) is 0 Å². The Balaban J connectivity index is 2.32. The molecule has 16 heavy (non-hydrogen) atoms. The molecule has 1 aromatic carbocycles. The van der Waals surface area contributed by atoms with Crippen molar-refractivity contribution in [2.75, 3.05) is 0 Å². The molecule has 2 aromatic rings. The van der Waals surface area contributed by atoms with Gasteiger partial charge in [0.05, 0.1) is 11.9 Å². The van der Waals surface area contributed by atoms with E-state index in [0.29, 0.717) is 0 Å². The van der Waals surface area contributed by atoms with Crippen LogP contribution in [0.4, 0.5) is 4.39 Å². The molecule has 0 fully saturated rings. The Bertz CT molecular complexity index is 466. The van der Waals surface area contributed by atoms with Crippen molar-refractivity contribution in [3.8, 4) is 11.3 Å². The topological polar surface area (TPSA) is 25.8 Å². The predicted octanol–water partition coefficient (Wildman–Crippen LogP) is 3.04. The highest BCUT2D eigenvalue weighted by atomic mass is 19.1. The molecule has 0 saturated carbocycles. The molecule has 0 amide bonds. The Morgan fingerprint density at radius 1 is 1.25 bits per heavy atom. The van der Waals surface area contributed by atoms with Gasteiger partial charge in [-0.15, -0.1) is 0 Å². The molecule has 0 N–H and O–H groups in total. The van der Waals surface area contributed by atoms with Crippen LogP contribution in [0.5, 0.6) is 0 Å². The van der Waals surface area contributed by atoms with Crippen molar-refractivity contribution in [2.24, 2.45) is 0 Å². The lowest BCUT2D eigenvalue weighted by Gasteiger charge is -2.02. The van der Waals surface area contributed by atoms with Crippen molar-refractivity contribution in [1.82, 2.24) is 9.97 Å². The molecule has 81 valence electrons. The van der Waals surface area contributed by atoms with Gasteiger partial charge in [-0.1, -0.05) is 6.92 Å². The number of rotatable bonds is 3. The fraction of sp³-hybridized carbons (Fsp3) is 0.231. The van der Waals surface area contributed by atoms with E-state index >= 15 is 0 Å². The highest BCUT2D eigenvalue weighted by Crippen LogP contribution is 2.16. The maximum atomic E-state index is 12.8. The number of hydrogen-bond acceptors (Lipinski definition) is 2. The van der Waals surface area contributed by atoms with Crippen LogP contribution in [0.3, 0.4) is 0 Å². The third-order valence-electron chi connectivity index (χ3n) is 2.26. The first-order chi connectivity index (χ1) is 7.79. The monoisotopic (exact) mass is 215 g/mol. The van der Waals surface area contributed by atoms with E-state index in [2.05, 4.69) is 23.1 Å². The Labute approximate surface area is 94.2 Å². The number of aryl methyl sites for hydroxylation is 1. The molecule has 0 unspecified atom stereocenters. The number of aromatic nitrogens is 2. The Kier molecular flexibility index (Phi) is 3.25. The van der Waals surface area contributed by atoms with Crippen molar-refractivity contribution in [1.29, 1.82) is 0 Å². The van der Waals surface area contributed by atoms with E-state index in [0.717, 1.165) is 29.9 Å². The van der Waals surface area contributed by atoms with Gasteiger partial charge < -0.3 is 0 Å². The summed E-state index contributed by atoms with van der Waals surface area (Å²) in [7, 11) is 0. The molecule has 3 heteroatoms. The molecule has 0 spiro atoms. The summed E-state index contributed by atoms with van der Waals surface area (Å²) in [5.41, 5.74) is 1.68. The zero-order chi connectivity index (χ0) is 11.4. The van der Waals surface area contributed by atoms with Gasteiger partial charge in [-0.05, 0) is 36.8 Å². The van der Waals surface area contributed by atoms with Crippen molar-refractivity contribution >= 4 is 0 Å². The van der Waals surface area contributed by atoms with Crippen LogP contribution in [0.2, 0.25) is 0 Å². The number of benzene rings is 1. The lowest BCUT2D eigenvalue weighted by atomic mass is 10.1. The summed E-state index contributed by atoms with van der Waals surface area (Å²) in [6, 6.07) is 7.99. The summed E-state index contributed by atoms with van der Waals surface area (Å²) in [6.45, 7) is 2.08. The van der Waals surface area contributed by atoms with E-state index in [4.69, 9.17) is 0 Å². The van der Waals surface area contributed by atoms with Gasteiger partial charge >= 0.3 is 0 Å². The van der Waals surface area contributed by atoms with Gasteiger partial charge in [0.2, 0.25) is 0 Å². The van der Waals surface area contributed by atoms with Gasteiger partial charge in [-0.3, -0.25) is 0 Å². The molecule has 0 bridgehead atoms. The molecule has 1 heterocycles. The maximum absolute atomic E-state index is 12.8. The quantitative estimate of drug-likeness (QED) is 0.786. The zero-order valence-electron chi connectivity index (χ0n) is 9.07. The molecule has 1 aromatic heterocycles. The van der Waals surface area contributed by atoms with Crippen molar-refractivity contribution in [3.63, 3.8) is 0 Å². The Morgan fingerprint density at radius 3 is 2.69 bits per heavy atom. The van der Waals surface area contributed by atoms with Crippen molar-refractivity contribution < 1.29 is 4.39 Å². The van der Waals surface area contributed by atoms with Gasteiger partial charge in [0.1, 0.15) is 11.6 Å². The van der Waals surface area contributed by atoms with Crippen LogP contribution in [0, 0.1) is 12.0 Å². The first-order valence-corrected chi connectivity index (χ1v) is 5.29. The van der Waals surface area contributed by atoms with Crippen LogP contribution >= 0.6 is 0 Å². The Morgan fingerprint density at radius 2 is 2.00 bits per heavy atom. The lowest BCUT2D eigenvalue weighted by Crippen LogP contribution is -1.95. The second-order valence-electron chi connectivity index (χ2n) is 3.56. The molecule has 0 atom stereocenters. The SMILES string of the molecule is CCCc1n[c]cc(-c2ccc(F)cc2)n1. The summed E-state index contributed by atoms with van der Waals surface area (Å²) in [6.07, 6.45) is 4.66. The second kappa shape index (κ2) is 4.84. The van der Waals surface area contributed by atoms with E-state index < -0.39 is 0 Å². The smallest absolute Gasteiger partial charge is 0.129 e. The summed E-state index contributed by atoms with van der Waals surface area (Å²) in [5, 5.41) is 0. The average Bonchev–Trinajstić information content (AvgIpc) is 2.31. The molecule has 2 rings (SSSR count). The largest absolute Gasteiger partial charge is 0.233 e. The van der Waals surface area contributed by atoms with Crippen LogP contribution in [-0.4, -0.2) is 9.97 Å².